The van der Waals surface area contributed by atoms with Crippen LogP contribution in [0.5, 0.6) is 0 Å². The highest BCUT2D eigenvalue weighted by Crippen LogP contribution is 2.25. The number of nitrogens with zero attached hydrogens (tertiary/aromatic N) is 1. The van der Waals surface area contributed by atoms with Crippen molar-refractivity contribution in [3.8, 4) is 0 Å². The summed E-state index contributed by atoms with van der Waals surface area (Å²) in [7, 11) is 0. The number of amides is 1. The number of nitro groups is 1. The fourth-order valence-corrected chi connectivity index (χ4v) is 2.27. The minimum atomic E-state index is -0.517. The lowest BCUT2D eigenvalue weighted by atomic mass is 10.0. The van der Waals surface area contributed by atoms with Crippen LogP contribution in [0.25, 0.3) is 0 Å². The Balaban J connectivity index is 2.98. The number of hydrogen-bond donors (Lipinski definition) is 1. The van der Waals surface area contributed by atoms with E-state index in [0.29, 0.717) is 0 Å². The molecule has 122 valence electrons. The lowest BCUT2D eigenvalue weighted by Gasteiger charge is -2.30. The van der Waals surface area contributed by atoms with Crippen molar-refractivity contribution in [1.29, 1.82) is 0 Å². The van der Waals surface area contributed by atoms with Crippen LogP contribution in [0.4, 0.5) is 0 Å². The summed E-state index contributed by atoms with van der Waals surface area (Å²) in [5.41, 5.74) is 0.887. The molecule has 0 spiro atoms. The molecule has 0 aliphatic carbocycles. The number of ether oxygens (including phenoxy) is 1. The predicted octanol–water partition coefficient (Wildman–Crippen LogP) is 2.57. The van der Waals surface area contributed by atoms with Gasteiger partial charge in [-0.05, 0) is 18.4 Å². The molecule has 0 unspecified atom stereocenters. The summed E-state index contributed by atoms with van der Waals surface area (Å²) >= 11 is 0. The Labute approximate surface area is 131 Å². The van der Waals surface area contributed by atoms with E-state index >= 15 is 0 Å². The molecule has 0 saturated heterocycles. The van der Waals surface area contributed by atoms with Gasteiger partial charge in [-0.2, -0.15) is 0 Å². The second kappa shape index (κ2) is 8.48. The van der Waals surface area contributed by atoms with Crippen LogP contribution in [0, 0.1) is 16.0 Å². The molecule has 1 amide bonds. The first-order valence-electron chi connectivity index (χ1n) is 7.40. The van der Waals surface area contributed by atoms with Crippen LogP contribution in [0.2, 0.25) is 0 Å². The highest BCUT2D eigenvalue weighted by molar-refractivity contribution is 5.73. The van der Waals surface area contributed by atoms with Gasteiger partial charge in [-0.15, -0.1) is 0 Å². The van der Waals surface area contributed by atoms with Gasteiger partial charge in [0.25, 0.3) is 0 Å². The first-order valence-corrected chi connectivity index (χ1v) is 7.40. The molecular weight excluding hydrogens is 284 g/mol. The van der Waals surface area contributed by atoms with Gasteiger partial charge in [0, 0.05) is 11.8 Å². The van der Waals surface area contributed by atoms with E-state index in [2.05, 4.69) is 5.32 Å². The second-order valence-electron chi connectivity index (χ2n) is 5.75. The normalized spacial score (nSPS) is 15.1. The maximum absolute atomic E-state index is 11.3. The van der Waals surface area contributed by atoms with Crippen LogP contribution in [0.15, 0.2) is 30.3 Å². The number of rotatable bonds is 8. The van der Waals surface area contributed by atoms with E-state index in [0.717, 1.165) is 5.56 Å². The maximum Gasteiger partial charge on any atom is 0.229 e. The minimum absolute atomic E-state index is 0.00106. The molecule has 0 aliphatic heterocycles. The summed E-state index contributed by atoms with van der Waals surface area (Å²) < 4.78 is 6.02. The third-order valence-corrected chi connectivity index (χ3v) is 3.41. The van der Waals surface area contributed by atoms with E-state index in [1.165, 1.54) is 6.92 Å². The Hall–Kier alpha value is -1.95. The van der Waals surface area contributed by atoms with Crippen molar-refractivity contribution in [1.82, 2.24) is 5.32 Å². The summed E-state index contributed by atoms with van der Waals surface area (Å²) in [5, 5.41) is 13.6. The number of carbonyl (C=O) groups is 1. The molecule has 6 heteroatoms. The Morgan fingerprint density at radius 3 is 2.32 bits per heavy atom. The minimum Gasteiger partial charge on any atom is -0.361 e. The Morgan fingerprint density at radius 2 is 1.86 bits per heavy atom. The molecule has 1 N–H and O–H groups in total. The zero-order valence-corrected chi connectivity index (χ0v) is 13.5. The van der Waals surface area contributed by atoms with Gasteiger partial charge in [0.2, 0.25) is 12.5 Å². The predicted molar refractivity (Wildman–Crippen MR) is 84.0 cm³/mol. The van der Waals surface area contributed by atoms with Crippen molar-refractivity contribution in [2.45, 2.75) is 45.9 Å². The van der Waals surface area contributed by atoms with Gasteiger partial charge < -0.3 is 10.1 Å². The van der Waals surface area contributed by atoms with Gasteiger partial charge in [0.05, 0.1) is 6.04 Å². The maximum atomic E-state index is 11.3. The van der Waals surface area contributed by atoms with E-state index in [4.69, 9.17) is 4.74 Å². The van der Waals surface area contributed by atoms with Crippen molar-refractivity contribution >= 4 is 5.91 Å². The van der Waals surface area contributed by atoms with Crippen LogP contribution >= 0.6 is 0 Å². The zero-order valence-electron chi connectivity index (χ0n) is 13.5. The first kappa shape index (κ1) is 18.1. The topological polar surface area (TPSA) is 81.5 Å². The van der Waals surface area contributed by atoms with Crippen LogP contribution in [-0.2, 0) is 9.53 Å². The molecule has 0 aliphatic rings. The molecule has 1 aromatic carbocycles. The van der Waals surface area contributed by atoms with Crippen LogP contribution < -0.4 is 5.32 Å². The first-order chi connectivity index (χ1) is 10.3. The van der Waals surface area contributed by atoms with Gasteiger partial charge in [0.1, 0.15) is 12.2 Å². The zero-order chi connectivity index (χ0) is 16.7. The Morgan fingerprint density at radius 1 is 1.27 bits per heavy atom. The van der Waals surface area contributed by atoms with Crippen molar-refractivity contribution in [3.63, 3.8) is 0 Å². The Kier molecular flexibility index (Phi) is 6.98. The van der Waals surface area contributed by atoms with Crippen molar-refractivity contribution in [2.75, 3.05) is 6.54 Å². The van der Waals surface area contributed by atoms with E-state index in [1.807, 2.05) is 51.1 Å². The molecule has 3 atom stereocenters. The SMILES string of the molecule is CC(=O)N[C@@H](C)[C@H](O[C@@H](C[N+](=O)[O-])C(C)C)c1ccccc1. The standard InChI is InChI=1S/C16H24N2O4/c1-11(2)15(10-18(20)21)22-16(12(3)17-13(4)19)14-8-6-5-7-9-14/h5-9,11-12,15-16H,10H2,1-4H3,(H,17,19)/t12-,15-,16-/m0/s1. The highest BCUT2D eigenvalue weighted by Gasteiger charge is 2.29. The average Bonchev–Trinajstić information content (AvgIpc) is 2.42. The molecule has 0 aromatic heterocycles. The second-order valence-corrected chi connectivity index (χ2v) is 5.75. The molecule has 22 heavy (non-hydrogen) atoms. The number of carbonyl (C=O) groups excluding carboxylic acids is 1. The van der Waals surface area contributed by atoms with Gasteiger partial charge in [0.15, 0.2) is 0 Å². The van der Waals surface area contributed by atoms with Crippen LogP contribution in [0.1, 0.15) is 39.4 Å². The molecule has 1 aromatic rings. The van der Waals surface area contributed by atoms with Crippen LogP contribution in [0.3, 0.4) is 0 Å². The van der Waals surface area contributed by atoms with E-state index in [-0.39, 0.29) is 29.3 Å². The fraction of sp³-hybridized carbons (Fsp3) is 0.562. The molecule has 0 bridgehead atoms. The van der Waals surface area contributed by atoms with Crippen molar-refractivity contribution in [3.05, 3.63) is 46.0 Å². The van der Waals surface area contributed by atoms with Crippen molar-refractivity contribution in [2.24, 2.45) is 5.92 Å². The summed E-state index contributed by atoms with van der Waals surface area (Å²) in [6.07, 6.45) is -0.950. The molecule has 0 fully saturated rings. The summed E-state index contributed by atoms with van der Waals surface area (Å²) in [4.78, 5) is 21.8. The lowest BCUT2D eigenvalue weighted by Crippen LogP contribution is -2.40. The van der Waals surface area contributed by atoms with E-state index in [1.54, 1.807) is 0 Å². The highest BCUT2D eigenvalue weighted by atomic mass is 16.6. The number of hydrogen-bond acceptors (Lipinski definition) is 4. The molecule has 0 radical (unpaired) electrons. The largest absolute Gasteiger partial charge is 0.361 e. The van der Waals surface area contributed by atoms with Crippen LogP contribution in [-0.4, -0.2) is 29.5 Å². The molecule has 0 saturated carbocycles. The average molecular weight is 308 g/mol. The third kappa shape index (κ3) is 5.81. The monoisotopic (exact) mass is 308 g/mol. The van der Waals surface area contributed by atoms with E-state index < -0.39 is 12.2 Å². The smallest absolute Gasteiger partial charge is 0.229 e. The van der Waals surface area contributed by atoms with Gasteiger partial charge in [-0.3, -0.25) is 14.9 Å². The van der Waals surface area contributed by atoms with Gasteiger partial charge >= 0.3 is 0 Å². The van der Waals surface area contributed by atoms with Crippen molar-refractivity contribution < 1.29 is 14.5 Å². The molecule has 0 heterocycles. The Bertz CT molecular complexity index is 490. The molecule has 1 rings (SSSR count). The molecule has 6 nitrogen and oxygen atoms in total. The molecular formula is C16H24N2O4. The van der Waals surface area contributed by atoms with Gasteiger partial charge in [-0.1, -0.05) is 44.2 Å². The summed E-state index contributed by atoms with van der Waals surface area (Å²) in [5.74, 6) is -0.159. The van der Waals surface area contributed by atoms with E-state index in [9.17, 15) is 14.9 Å². The van der Waals surface area contributed by atoms with Gasteiger partial charge in [-0.25, -0.2) is 0 Å². The number of benzene rings is 1. The summed E-state index contributed by atoms with van der Waals surface area (Å²) in [6.45, 7) is 6.80. The number of nitrogens with one attached hydrogen (secondary N) is 1. The summed E-state index contributed by atoms with van der Waals surface area (Å²) in [6, 6.07) is 9.15. The quantitative estimate of drug-likeness (QED) is 0.591. The third-order valence-electron chi connectivity index (χ3n) is 3.41. The fourth-order valence-electron chi connectivity index (χ4n) is 2.27. The lowest BCUT2D eigenvalue weighted by molar-refractivity contribution is -0.494.